The third-order valence-corrected chi connectivity index (χ3v) is 4.31. The molecule has 2 rings (SSSR count). The van der Waals surface area contributed by atoms with Crippen LogP contribution in [0.4, 0.5) is 0 Å². The standard InChI is InChI=1S/C14H27N3/c15-14(17-11-13-7-3-8-13)16-10-4-9-12-5-1-2-6-12/h12-13H,1-11H2,(H3,15,16,17). The zero-order valence-electron chi connectivity index (χ0n) is 11.0. The van der Waals surface area contributed by atoms with Crippen molar-refractivity contribution in [2.24, 2.45) is 22.6 Å². The molecule has 0 aliphatic heterocycles. The number of nitrogens with zero attached hydrogens (tertiary/aromatic N) is 1. The number of hydrogen-bond acceptors (Lipinski definition) is 1. The van der Waals surface area contributed by atoms with Gasteiger partial charge in [-0.1, -0.05) is 32.1 Å². The molecule has 98 valence electrons. The number of rotatable bonds is 6. The third-order valence-electron chi connectivity index (χ3n) is 4.31. The molecule has 0 spiro atoms. The molecule has 0 saturated heterocycles. The van der Waals surface area contributed by atoms with Gasteiger partial charge in [0.1, 0.15) is 0 Å². The number of guanidine groups is 1. The van der Waals surface area contributed by atoms with Crippen LogP contribution in [0.3, 0.4) is 0 Å². The van der Waals surface area contributed by atoms with Crippen molar-refractivity contribution < 1.29 is 0 Å². The Bertz CT molecular complexity index is 240. The van der Waals surface area contributed by atoms with Gasteiger partial charge in [0, 0.05) is 13.1 Å². The number of nitrogens with two attached hydrogens (primary N) is 1. The Morgan fingerprint density at radius 3 is 2.41 bits per heavy atom. The summed E-state index contributed by atoms with van der Waals surface area (Å²) in [4.78, 5) is 4.40. The zero-order chi connectivity index (χ0) is 11.9. The first-order valence-corrected chi connectivity index (χ1v) is 7.38. The van der Waals surface area contributed by atoms with Gasteiger partial charge in [-0.25, -0.2) is 0 Å². The van der Waals surface area contributed by atoms with Crippen LogP contribution in [0.5, 0.6) is 0 Å². The molecule has 2 aliphatic rings. The van der Waals surface area contributed by atoms with Crippen molar-refractivity contribution >= 4 is 5.96 Å². The highest BCUT2D eigenvalue weighted by Gasteiger charge is 2.16. The first-order valence-electron chi connectivity index (χ1n) is 7.38. The Morgan fingerprint density at radius 1 is 1.06 bits per heavy atom. The van der Waals surface area contributed by atoms with Gasteiger partial charge < -0.3 is 11.1 Å². The van der Waals surface area contributed by atoms with Crippen LogP contribution in [-0.4, -0.2) is 19.0 Å². The molecule has 0 radical (unpaired) electrons. The molecule has 0 aromatic heterocycles. The average molecular weight is 237 g/mol. The molecule has 0 aromatic carbocycles. The minimum absolute atomic E-state index is 0.656. The predicted octanol–water partition coefficient (Wildman–Crippen LogP) is 2.66. The summed E-state index contributed by atoms with van der Waals surface area (Å²) in [5, 5.41) is 3.24. The molecular formula is C14H27N3. The summed E-state index contributed by atoms with van der Waals surface area (Å²) >= 11 is 0. The van der Waals surface area contributed by atoms with Crippen LogP contribution in [-0.2, 0) is 0 Å². The van der Waals surface area contributed by atoms with Crippen molar-refractivity contribution in [1.29, 1.82) is 0 Å². The number of nitrogens with one attached hydrogen (secondary N) is 1. The predicted molar refractivity (Wildman–Crippen MR) is 73.0 cm³/mol. The van der Waals surface area contributed by atoms with E-state index in [4.69, 9.17) is 5.73 Å². The second-order valence-corrected chi connectivity index (χ2v) is 5.74. The lowest BCUT2D eigenvalue weighted by Crippen LogP contribution is -2.33. The Labute approximate surface area is 105 Å². The highest BCUT2D eigenvalue weighted by Crippen LogP contribution is 2.28. The molecule has 0 unspecified atom stereocenters. The van der Waals surface area contributed by atoms with Crippen molar-refractivity contribution in [3.63, 3.8) is 0 Å². The van der Waals surface area contributed by atoms with Crippen molar-refractivity contribution in [3.05, 3.63) is 0 Å². The Kier molecular flexibility index (Phi) is 5.14. The Morgan fingerprint density at radius 2 is 1.76 bits per heavy atom. The van der Waals surface area contributed by atoms with E-state index in [1.807, 2.05) is 0 Å². The Hall–Kier alpha value is -0.730. The van der Waals surface area contributed by atoms with E-state index in [-0.39, 0.29) is 0 Å². The topological polar surface area (TPSA) is 50.4 Å². The lowest BCUT2D eigenvalue weighted by molar-refractivity contribution is 0.326. The fourth-order valence-electron chi connectivity index (χ4n) is 2.86. The molecule has 3 heteroatoms. The molecule has 3 nitrogen and oxygen atoms in total. The van der Waals surface area contributed by atoms with Crippen molar-refractivity contribution in [1.82, 2.24) is 5.32 Å². The van der Waals surface area contributed by atoms with Crippen LogP contribution in [0, 0.1) is 11.8 Å². The largest absolute Gasteiger partial charge is 0.370 e. The monoisotopic (exact) mass is 237 g/mol. The summed E-state index contributed by atoms with van der Waals surface area (Å²) in [6.45, 7) is 1.93. The smallest absolute Gasteiger partial charge is 0.188 e. The molecule has 0 heterocycles. The van der Waals surface area contributed by atoms with Gasteiger partial charge in [0.15, 0.2) is 5.96 Å². The molecule has 2 saturated carbocycles. The van der Waals surface area contributed by atoms with E-state index in [0.717, 1.165) is 24.9 Å². The summed E-state index contributed by atoms with van der Waals surface area (Å²) in [6, 6.07) is 0. The van der Waals surface area contributed by atoms with E-state index >= 15 is 0 Å². The molecule has 3 N–H and O–H groups in total. The molecule has 2 aliphatic carbocycles. The zero-order valence-corrected chi connectivity index (χ0v) is 11.0. The fourth-order valence-corrected chi connectivity index (χ4v) is 2.86. The van der Waals surface area contributed by atoms with Crippen LogP contribution < -0.4 is 11.1 Å². The van der Waals surface area contributed by atoms with Gasteiger partial charge in [0.25, 0.3) is 0 Å². The SMILES string of the molecule is NC(=NCC1CCC1)NCCCC1CCCC1. The van der Waals surface area contributed by atoms with Crippen molar-refractivity contribution in [3.8, 4) is 0 Å². The lowest BCUT2D eigenvalue weighted by atomic mass is 9.86. The van der Waals surface area contributed by atoms with E-state index in [1.165, 1.54) is 57.8 Å². The molecular weight excluding hydrogens is 210 g/mol. The van der Waals surface area contributed by atoms with Gasteiger partial charge in [0.2, 0.25) is 0 Å². The molecule has 17 heavy (non-hydrogen) atoms. The summed E-state index contributed by atoms with van der Waals surface area (Å²) in [6.07, 6.45) is 12.5. The maximum absolute atomic E-state index is 5.83. The van der Waals surface area contributed by atoms with Gasteiger partial charge in [-0.2, -0.15) is 0 Å². The van der Waals surface area contributed by atoms with Gasteiger partial charge in [-0.3, -0.25) is 4.99 Å². The summed E-state index contributed by atoms with van der Waals surface area (Å²) in [7, 11) is 0. The van der Waals surface area contributed by atoms with Gasteiger partial charge in [-0.05, 0) is 37.5 Å². The molecule has 0 bridgehead atoms. The van der Waals surface area contributed by atoms with Crippen LogP contribution in [0.1, 0.15) is 57.8 Å². The molecule has 2 fully saturated rings. The van der Waals surface area contributed by atoms with Gasteiger partial charge >= 0.3 is 0 Å². The van der Waals surface area contributed by atoms with Crippen molar-refractivity contribution in [2.75, 3.05) is 13.1 Å². The number of hydrogen-bond donors (Lipinski definition) is 2. The van der Waals surface area contributed by atoms with E-state index in [1.54, 1.807) is 0 Å². The van der Waals surface area contributed by atoms with E-state index in [2.05, 4.69) is 10.3 Å². The highest BCUT2D eigenvalue weighted by molar-refractivity contribution is 5.77. The third kappa shape index (κ3) is 4.57. The van der Waals surface area contributed by atoms with E-state index in [0.29, 0.717) is 5.96 Å². The fraction of sp³-hybridized carbons (Fsp3) is 0.929. The number of aliphatic imine (C=N–C) groups is 1. The molecule has 0 amide bonds. The van der Waals surface area contributed by atoms with Crippen LogP contribution in [0.25, 0.3) is 0 Å². The second-order valence-electron chi connectivity index (χ2n) is 5.74. The van der Waals surface area contributed by atoms with Gasteiger partial charge in [0.05, 0.1) is 0 Å². The van der Waals surface area contributed by atoms with E-state index in [9.17, 15) is 0 Å². The first kappa shape index (κ1) is 12.7. The van der Waals surface area contributed by atoms with Crippen LogP contribution in [0.2, 0.25) is 0 Å². The average Bonchev–Trinajstić information content (AvgIpc) is 2.75. The minimum atomic E-state index is 0.656. The summed E-state index contributed by atoms with van der Waals surface area (Å²) in [5.74, 6) is 2.46. The summed E-state index contributed by atoms with van der Waals surface area (Å²) in [5.41, 5.74) is 5.83. The summed E-state index contributed by atoms with van der Waals surface area (Å²) < 4.78 is 0. The van der Waals surface area contributed by atoms with Crippen LogP contribution >= 0.6 is 0 Å². The Balaban J connectivity index is 1.48. The van der Waals surface area contributed by atoms with Crippen LogP contribution in [0.15, 0.2) is 4.99 Å². The van der Waals surface area contributed by atoms with Gasteiger partial charge in [-0.15, -0.1) is 0 Å². The molecule has 0 aromatic rings. The van der Waals surface area contributed by atoms with E-state index < -0.39 is 0 Å². The normalized spacial score (nSPS) is 22.7. The first-order chi connectivity index (χ1) is 8.34. The maximum atomic E-state index is 5.83. The highest BCUT2D eigenvalue weighted by atomic mass is 15.1. The quantitative estimate of drug-likeness (QED) is 0.424. The van der Waals surface area contributed by atoms with Crippen molar-refractivity contribution in [2.45, 2.75) is 57.8 Å². The lowest BCUT2D eigenvalue weighted by Gasteiger charge is -2.23. The minimum Gasteiger partial charge on any atom is -0.370 e. The maximum Gasteiger partial charge on any atom is 0.188 e. The molecule has 0 atom stereocenters. The second kappa shape index (κ2) is 6.87.